The maximum absolute atomic E-state index is 12.7. The number of rotatable bonds is 5. The van der Waals surface area contributed by atoms with Crippen molar-refractivity contribution < 1.29 is 13.2 Å². The molecular weight excluding hydrogens is 312 g/mol. The number of sulfonamides is 1. The van der Waals surface area contributed by atoms with E-state index in [1.807, 2.05) is 37.3 Å². The van der Waals surface area contributed by atoms with Gasteiger partial charge in [-0.15, -0.1) is 0 Å². The maximum Gasteiger partial charge on any atom is 0.258 e. The van der Waals surface area contributed by atoms with Crippen molar-refractivity contribution in [3.63, 3.8) is 0 Å². The number of hydrogen-bond acceptors (Lipinski definition) is 3. The fraction of sp³-hybridized carbons (Fsp3) is 0.235. The second kappa shape index (κ2) is 6.93. The summed E-state index contributed by atoms with van der Waals surface area (Å²) in [6.07, 6.45) is 0. The Hall–Kier alpha value is -2.18. The lowest BCUT2D eigenvalue weighted by molar-refractivity contribution is 0.0988. The first-order valence-corrected chi connectivity index (χ1v) is 8.71. The van der Waals surface area contributed by atoms with Crippen LogP contribution in [-0.2, 0) is 10.0 Å². The number of benzene rings is 2. The van der Waals surface area contributed by atoms with E-state index in [1.165, 1.54) is 26.2 Å². The number of anilines is 1. The first-order chi connectivity index (χ1) is 10.9. The van der Waals surface area contributed by atoms with Gasteiger partial charge in [-0.1, -0.05) is 24.3 Å². The third kappa shape index (κ3) is 3.60. The van der Waals surface area contributed by atoms with Crippen molar-refractivity contribution in [2.75, 3.05) is 25.5 Å². The van der Waals surface area contributed by atoms with E-state index < -0.39 is 10.0 Å². The molecule has 0 radical (unpaired) electrons. The standard InChI is InChI=1S/C17H20N2O3S/c1-4-19(15-10-6-5-7-11-15)17(20)14-9-8-12-16(13-14)23(21,22)18(2)3/h5-13H,4H2,1-3H3. The Kier molecular flexibility index (Phi) is 5.18. The molecule has 0 saturated carbocycles. The first kappa shape index (κ1) is 17.2. The molecule has 0 aliphatic rings. The smallest absolute Gasteiger partial charge is 0.258 e. The van der Waals surface area contributed by atoms with E-state index in [4.69, 9.17) is 0 Å². The number of para-hydroxylation sites is 1. The summed E-state index contributed by atoms with van der Waals surface area (Å²) >= 11 is 0. The largest absolute Gasteiger partial charge is 0.309 e. The molecular formula is C17H20N2O3S. The molecule has 0 fully saturated rings. The van der Waals surface area contributed by atoms with Gasteiger partial charge < -0.3 is 4.90 Å². The summed E-state index contributed by atoms with van der Waals surface area (Å²) in [5.41, 5.74) is 1.12. The molecule has 0 aromatic heterocycles. The maximum atomic E-state index is 12.7. The van der Waals surface area contributed by atoms with Crippen molar-refractivity contribution in [1.29, 1.82) is 0 Å². The molecule has 0 bridgehead atoms. The highest BCUT2D eigenvalue weighted by Gasteiger charge is 2.21. The minimum Gasteiger partial charge on any atom is -0.309 e. The highest BCUT2D eigenvalue weighted by molar-refractivity contribution is 7.89. The highest BCUT2D eigenvalue weighted by atomic mass is 32.2. The number of nitrogens with zero attached hydrogens (tertiary/aromatic N) is 2. The normalized spacial score (nSPS) is 11.5. The van der Waals surface area contributed by atoms with Gasteiger partial charge in [0.1, 0.15) is 0 Å². The van der Waals surface area contributed by atoms with Gasteiger partial charge in [0, 0.05) is 31.9 Å². The molecule has 2 aromatic carbocycles. The predicted molar refractivity (Wildman–Crippen MR) is 91.1 cm³/mol. The average molecular weight is 332 g/mol. The molecule has 6 heteroatoms. The molecule has 0 unspecified atom stereocenters. The van der Waals surface area contributed by atoms with E-state index in [-0.39, 0.29) is 10.8 Å². The fourth-order valence-electron chi connectivity index (χ4n) is 2.21. The summed E-state index contributed by atoms with van der Waals surface area (Å²) < 4.78 is 25.6. The van der Waals surface area contributed by atoms with Gasteiger partial charge >= 0.3 is 0 Å². The monoisotopic (exact) mass is 332 g/mol. The van der Waals surface area contributed by atoms with Gasteiger partial charge in [0.2, 0.25) is 10.0 Å². The highest BCUT2D eigenvalue weighted by Crippen LogP contribution is 2.19. The van der Waals surface area contributed by atoms with Crippen molar-refractivity contribution >= 4 is 21.6 Å². The molecule has 0 aliphatic heterocycles. The molecule has 0 spiro atoms. The Morgan fingerprint density at radius 3 is 2.22 bits per heavy atom. The molecule has 1 amide bonds. The average Bonchev–Trinajstić information content (AvgIpc) is 2.56. The van der Waals surface area contributed by atoms with E-state index in [0.717, 1.165) is 9.99 Å². The zero-order chi connectivity index (χ0) is 17.0. The summed E-state index contributed by atoms with van der Waals surface area (Å²) in [6, 6.07) is 15.4. The minimum atomic E-state index is -3.57. The van der Waals surface area contributed by atoms with E-state index in [1.54, 1.807) is 17.0 Å². The van der Waals surface area contributed by atoms with Gasteiger partial charge in [-0.25, -0.2) is 12.7 Å². The molecule has 5 nitrogen and oxygen atoms in total. The molecule has 2 rings (SSSR count). The summed E-state index contributed by atoms with van der Waals surface area (Å²) in [5, 5.41) is 0. The van der Waals surface area contributed by atoms with Crippen LogP contribution in [0.3, 0.4) is 0 Å². The van der Waals surface area contributed by atoms with Gasteiger partial charge in [-0.05, 0) is 37.3 Å². The van der Waals surface area contributed by atoms with E-state index in [2.05, 4.69) is 0 Å². The van der Waals surface area contributed by atoms with Crippen LogP contribution >= 0.6 is 0 Å². The van der Waals surface area contributed by atoms with Crippen LogP contribution in [0.25, 0.3) is 0 Å². The zero-order valence-corrected chi connectivity index (χ0v) is 14.2. The SMILES string of the molecule is CCN(C(=O)c1cccc(S(=O)(=O)N(C)C)c1)c1ccccc1. The van der Waals surface area contributed by atoms with Crippen molar-refractivity contribution in [2.24, 2.45) is 0 Å². The van der Waals surface area contributed by atoms with Gasteiger partial charge in [-0.3, -0.25) is 4.79 Å². The molecule has 23 heavy (non-hydrogen) atoms. The van der Waals surface area contributed by atoms with Crippen LogP contribution in [-0.4, -0.2) is 39.3 Å². The van der Waals surface area contributed by atoms with Gasteiger partial charge in [0.15, 0.2) is 0 Å². The Balaban J connectivity index is 2.40. The first-order valence-electron chi connectivity index (χ1n) is 7.27. The Labute approximate surface area is 137 Å². The molecule has 0 aliphatic carbocycles. The summed E-state index contributed by atoms with van der Waals surface area (Å²) in [4.78, 5) is 14.5. The van der Waals surface area contributed by atoms with Crippen molar-refractivity contribution in [3.05, 3.63) is 60.2 Å². The molecule has 0 saturated heterocycles. The lowest BCUT2D eigenvalue weighted by Gasteiger charge is -2.21. The van der Waals surface area contributed by atoms with Gasteiger partial charge in [0.05, 0.1) is 4.90 Å². The summed E-state index contributed by atoms with van der Waals surface area (Å²) in [7, 11) is -0.639. The number of carbonyl (C=O) groups excluding carboxylic acids is 1. The lowest BCUT2D eigenvalue weighted by atomic mass is 10.2. The summed E-state index contributed by atoms with van der Waals surface area (Å²) in [6.45, 7) is 2.37. The van der Waals surface area contributed by atoms with Crippen molar-refractivity contribution in [1.82, 2.24) is 4.31 Å². The third-order valence-corrected chi connectivity index (χ3v) is 5.30. The molecule has 0 heterocycles. The summed E-state index contributed by atoms with van der Waals surface area (Å²) in [5.74, 6) is -0.227. The Bertz CT molecular complexity index is 786. The second-order valence-corrected chi connectivity index (χ2v) is 7.35. The van der Waals surface area contributed by atoms with Crippen LogP contribution < -0.4 is 4.90 Å². The lowest BCUT2D eigenvalue weighted by Crippen LogP contribution is -2.31. The minimum absolute atomic E-state index is 0.109. The van der Waals surface area contributed by atoms with Crippen LogP contribution in [0.2, 0.25) is 0 Å². The molecule has 122 valence electrons. The Morgan fingerprint density at radius 1 is 1.00 bits per heavy atom. The van der Waals surface area contributed by atoms with Crippen LogP contribution in [0.5, 0.6) is 0 Å². The van der Waals surface area contributed by atoms with E-state index >= 15 is 0 Å². The molecule has 2 aromatic rings. The van der Waals surface area contributed by atoms with Crippen molar-refractivity contribution in [3.8, 4) is 0 Å². The van der Waals surface area contributed by atoms with Crippen LogP contribution in [0.15, 0.2) is 59.5 Å². The topological polar surface area (TPSA) is 57.7 Å². The predicted octanol–water partition coefficient (Wildman–Crippen LogP) is 2.60. The zero-order valence-electron chi connectivity index (χ0n) is 13.4. The second-order valence-electron chi connectivity index (χ2n) is 5.20. The van der Waals surface area contributed by atoms with E-state index in [0.29, 0.717) is 12.1 Å². The fourth-order valence-corrected chi connectivity index (χ4v) is 3.16. The quantitative estimate of drug-likeness (QED) is 0.846. The van der Waals surface area contributed by atoms with Crippen molar-refractivity contribution in [2.45, 2.75) is 11.8 Å². The van der Waals surface area contributed by atoms with Crippen LogP contribution in [0.1, 0.15) is 17.3 Å². The number of carbonyl (C=O) groups is 1. The third-order valence-electron chi connectivity index (χ3n) is 3.49. The number of hydrogen-bond donors (Lipinski definition) is 0. The van der Waals surface area contributed by atoms with E-state index in [9.17, 15) is 13.2 Å². The Morgan fingerprint density at radius 2 is 1.65 bits per heavy atom. The van der Waals surface area contributed by atoms with Crippen LogP contribution in [0, 0.1) is 0 Å². The van der Waals surface area contributed by atoms with Gasteiger partial charge in [-0.2, -0.15) is 0 Å². The number of amides is 1. The molecule has 0 atom stereocenters. The van der Waals surface area contributed by atoms with Crippen LogP contribution in [0.4, 0.5) is 5.69 Å². The molecule has 0 N–H and O–H groups in total. The van der Waals surface area contributed by atoms with Gasteiger partial charge in [0.25, 0.3) is 5.91 Å².